The minimum atomic E-state index is -0.733. The second-order valence-corrected chi connectivity index (χ2v) is 5.46. The number of hydrogen-bond acceptors (Lipinski definition) is 0. The lowest BCUT2D eigenvalue weighted by atomic mass is 9.93. The van der Waals surface area contributed by atoms with Crippen molar-refractivity contribution in [2.75, 3.05) is 0 Å². The fourth-order valence-corrected chi connectivity index (χ4v) is 2.48. The van der Waals surface area contributed by atoms with Crippen molar-refractivity contribution in [3.8, 4) is 0 Å². The first kappa shape index (κ1) is 16.7. The number of allylic oxidation sites excluding steroid dienone is 3. The molecule has 1 heteroatoms. The predicted octanol–water partition coefficient (Wildman–Crippen LogP) is 6.05. The van der Waals surface area contributed by atoms with Crippen molar-refractivity contribution < 1.29 is 4.39 Å². The van der Waals surface area contributed by atoms with Crippen LogP contribution in [0.15, 0.2) is 36.9 Å². The Kier molecular flexibility index (Phi) is 7.28. The molecular formula is C19H27F. The van der Waals surface area contributed by atoms with Crippen molar-refractivity contribution >= 4 is 5.57 Å². The molecule has 20 heavy (non-hydrogen) atoms. The Morgan fingerprint density at radius 1 is 1.40 bits per heavy atom. The van der Waals surface area contributed by atoms with E-state index in [-0.39, 0.29) is 0 Å². The molecule has 1 rings (SSSR count). The van der Waals surface area contributed by atoms with Crippen LogP contribution in [-0.4, -0.2) is 6.17 Å². The number of halogens is 1. The summed E-state index contributed by atoms with van der Waals surface area (Å²) in [5.74, 6) is 0. The summed E-state index contributed by atoms with van der Waals surface area (Å²) in [6, 6.07) is 6.66. The van der Waals surface area contributed by atoms with Gasteiger partial charge in [0, 0.05) is 0 Å². The molecule has 0 saturated carbocycles. The van der Waals surface area contributed by atoms with Crippen LogP contribution < -0.4 is 0 Å². The Morgan fingerprint density at radius 3 is 2.70 bits per heavy atom. The average molecular weight is 274 g/mol. The van der Waals surface area contributed by atoms with Crippen molar-refractivity contribution in [2.24, 2.45) is 0 Å². The number of hydrogen-bond donors (Lipinski definition) is 0. The van der Waals surface area contributed by atoms with Gasteiger partial charge in [-0.05, 0) is 75.1 Å². The summed E-state index contributed by atoms with van der Waals surface area (Å²) in [7, 11) is 0. The highest BCUT2D eigenvalue weighted by atomic mass is 19.1. The zero-order chi connectivity index (χ0) is 15.0. The molecule has 0 aromatic heterocycles. The van der Waals surface area contributed by atoms with E-state index in [1.165, 1.54) is 22.3 Å². The third-order valence-corrected chi connectivity index (χ3v) is 3.67. The smallest absolute Gasteiger partial charge is 0.0976 e. The highest BCUT2D eigenvalue weighted by Crippen LogP contribution is 2.25. The molecule has 1 aromatic carbocycles. The summed E-state index contributed by atoms with van der Waals surface area (Å²) in [4.78, 5) is 0. The van der Waals surface area contributed by atoms with Crippen LogP contribution in [0.4, 0.5) is 4.39 Å². The lowest BCUT2D eigenvalue weighted by molar-refractivity contribution is 0.345. The lowest BCUT2D eigenvalue weighted by Gasteiger charge is -2.13. The van der Waals surface area contributed by atoms with Gasteiger partial charge < -0.3 is 0 Å². The van der Waals surface area contributed by atoms with Crippen LogP contribution in [0, 0.1) is 6.92 Å². The molecule has 0 heterocycles. The molecule has 1 unspecified atom stereocenters. The van der Waals surface area contributed by atoms with Crippen molar-refractivity contribution in [2.45, 2.75) is 59.0 Å². The molecule has 0 nitrogen and oxygen atoms in total. The summed E-state index contributed by atoms with van der Waals surface area (Å²) < 4.78 is 13.0. The second-order valence-electron chi connectivity index (χ2n) is 5.46. The van der Waals surface area contributed by atoms with Gasteiger partial charge in [0.15, 0.2) is 0 Å². The minimum absolute atomic E-state index is 0.597. The van der Waals surface area contributed by atoms with Crippen LogP contribution in [0.1, 0.15) is 56.2 Å². The van der Waals surface area contributed by atoms with E-state index >= 15 is 0 Å². The Morgan fingerprint density at radius 2 is 2.15 bits per heavy atom. The minimum Gasteiger partial charge on any atom is -0.248 e. The van der Waals surface area contributed by atoms with Gasteiger partial charge in [-0.25, -0.2) is 4.39 Å². The first-order valence-corrected chi connectivity index (χ1v) is 7.58. The van der Waals surface area contributed by atoms with Crippen molar-refractivity contribution in [3.05, 3.63) is 53.6 Å². The third-order valence-electron chi connectivity index (χ3n) is 3.67. The van der Waals surface area contributed by atoms with E-state index in [0.29, 0.717) is 6.42 Å². The molecule has 110 valence electrons. The molecule has 1 aromatic rings. The molecule has 0 radical (unpaired) electrons. The van der Waals surface area contributed by atoms with Crippen LogP contribution in [0.5, 0.6) is 0 Å². The van der Waals surface area contributed by atoms with E-state index in [4.69, 9.17) is 0 Å². The first-order valence-electron chi connectivity index (χ1n) is 7.58. The zero-order valence-electron chi connectivity index (χ0n) is 13.1. The molecule has 0 saturated heterocycles. The normalized spacial score (nSPS) is 13.3. The predicted molar refractivity (Wildman–Crippen MR) is 87.8 cm³/mol. The molecule has 0 N–H and O–H groups in total. The molecule has 0 bridgehead atoms. The Balaban J connectivity index is 2.77. The molecule has 0 aliphatic carbocycles. The van der Waals surface area contributed by atoms with Gasteiger partial charge in [0.1, 0.15) is 0 Å². The molecule has 0 spiro atoms. The van der Waals surface area contributed by atoms with Crippen LogP contribution in [0.3, 0.4) is 0 Å². The van der Waals surface area contributed by atoms with E-state index in [0.717, 1.165) is 25.7 Å². The van der Waals surface area contributed by atoms with Crippen LogP contribution in [-0.2, 0) is 6.42 Å². The maximum atomic E-state index is 13.0. The monoisotopic (exact) mass is 274 g/mol. The Hall–Kier alpha value is -1.37. The van der Waals surface area contributed by atoms with Gasteiger partial charge >= 0.3 is 0 Å². The van der Waals surface area contributed by atoms with Crippen molar-refractivity contribution in [1.82, 2.24) is 0 Å². The Bertz CT molecular complexity index is 455. The van der Waals surface area contributed by atoms with E-state index in [1.54, 1.807) is 6.92 Å². The van der Waals surface area contributed by atoms with Gasteiger partial charge in [-0.15, -0.1) is 6.58 Å². The summed E-state index contributed by atoms with van der Waals surface area (Å²) in [6.45, 7) is 9.57. The quantitative estimate of drug-likeness (QED) is 0.400. The van der Waals surface area contributed by atoms with Gasteiger partial charge in [-0.1, -0.05) is 30.4 Å². The lowest BCUT2D eigenvalue weighted by Crippen LogP contribution is -1.97. The molecule has 0 amide bonds. The van der Waals surface area contributed by atoms with Crippen LogP contribution in [0.2, 0.25) is 0 Å². The highest BCUT2D eigenvalue weighted by Gasteiger charge is 2.07. The van der Waals surface area contributed by atoms with E-state index in [9.17, 15) is 4.39 Å². The van der Waals surface area contributed by atoms with Crippen LogP contribution in [0.25, 0.3) is 5.57 Å². The van der Waals surface area contributed by atoms with Gasteiger partial charge in [0.25, 0.3) is 0 Å². The van der Waals surface area contributed by atoms with Gasteiger partial charge in [-0.2, -0.15) is 0 Å². The summed E-state index contributed by atoms with van der Waals surface area (Å²) in [6.07, 6.45) is 8.07. The van der Waals surface area contributed by atoms with Gasteiger partial charge in [0.2, 0.25) is 0 Å². The zero-order valence-corrected chi connectivity index (χ0v) is 13.1. The molecular weight excluding hydrogens is 247 g/mol. The standard InChI is InChI=1S/C19H27F/c1-5-7-8-9-17-11-13-19(15(3)14-17)18(6-2)12-10-16(4)20/h5-6,11,13-14,16H,1,7-10,12H2,2-4H3/b18-6-. The SMILES string of the molecule is C=CCCCc1ccc(/C(=C\C)CCC(C)F)c(C)c1. The average Bonchev–Trinajstić information content (AvgIpc) is 2.41. The van der Waals surface area contributed by atoms with Crippen molar-refractivity contribution in [1.29, 1.82) is 0 Å². The van der Waals surface area contributed by atoms with Crippen LogP contribution >= 0.6 is 0 Å². The summed E-state index contributed by atoms with van der Waals surface area (Å²) in [5, 5.41) is 0. The molecule has 0 aliphatic heterocycles. The number of unbranched alkanes of at least 4 members (excludes halogenated alkanes) is 1. The molecule has 1 atom stereocenters. The largest absolute Gasteiger partial charge is 0.248 e. The molecule has 0 fully saturated rings. The molecule has 0 aliphatic rings. The summed E-state index contributed by atoms with van der Waals surface area (Å²) >= 11 is 0. The number of alkyl halides is 1. The maximum absolute atomic E-state index is 13.0. The van der Waals surface area contributed by atoms with E-state index < -0.39 is 6.17 Å². The number of aryl methyl sites for hydroxylation is 2. The number of benzene rings is 1. The van der Waals surface area contributed by atoms with Gasteiger partial charge in [0.05, 0.1) is 6.17 Å². The van der Waals surface area contributed by atoms with Gasteiger partial charge in [-0.3, -0.25) is 0 Å². The van der Waals surface area contributed by atoms with E-state index in [2.05, 4.69) is 37.8 Å². The Labute approximate surface area is 123 Å². The maximum Gasteiger partial charge on any atom is 0.0976 e. The highest BCUT2D eigenvalue weighted by molar-refractivity contribution is 5.68. The van der Waals surface area contributed by atoms with Crippen molar-refractivity contribution in [3.63, 3.8) is 0 Å². The fourth-order valence-electron chi connectivity index (χ4n) is 2.48. The fraction of sp³-hybridized carbons (Fsp3) is 0.474. The number of rotatable bonds is 8. The summed E-state index contributed by atoms with van der Waals surface area (Å²) in [5.41, 5.74) is 5.19. The topological polar surface area (TPSA) is 0 Å². The second kappa shape index (κ2) is 8.73. The third kappa shape index (κ3) is 5.32. The first-order chi connectivity index (χ1) is 9.58. The van der Waals surface area contributed by atoms with E-state index in [1.807, 2.05) is 13.0 Å².